The van der Waals surface area contributed by atoms with Crippen molar-refractivity contribution in [1.29, 1.82) is 0 Å². The van der Waals surface area contributed by atoms with Crippen molar-refractivity contribution in [2.75, 3.05) is 24.1 Å². The molecule has 28 heavy (non-hydrogen) atoms. The Morgan fingerprint density at radius 2 is 1.64 bits per heavy atom. The van der Waals surface area contributed by atoms with Crippen molar-refractivity contribution < 1.29 is 23.9 Å². The van der Waals surface area contributed by atoms with Crippen LogP contribution in [0.2, 0.25) is 0 Å². The minimum atomic E-state index is -1.05. The molecule has 0 bridgehead atoms. The summed E-state index contributed by atoms with van der Waals surface area (Å²) >= 11 is 0. The fourth-order valence-corrected chi connectivity index (χ4v) is 3.53. The van der Waals surface area contributed by atoms with Crippen molar-refractivity contribution in [3.05, 3.63) is 54.6 Å². The van der Waals surface area contributed by atoms with Crippen LogP contribution in [0.1, 0.15) is 0 Å². The first kappa shape index (κ1) is 17.7. The normalized spacial score (nSPS) is 20.9. The Labute approximate surface area is 160 Å². The lowest BCUT2D eigenvalue weighted by atomic mass is 9.98. The Morgan fingerprint density at radius 1 is 0.964 bits per heavy atom. The van der Waals surface area contributed by atoms with Gasteiger partial charge >= 0.3 is 5.97 Å². The number of fused-ring (bicyclic) bond motifs is 1. The van der Waals surface area contributed by atoms with Crippen LogP contribution in [0.5, 0.6) is 5.75 Å². The Morgan fingerprint density at radius 3 is 2.32 bits per heavy atom. The predicted molar refractivity (Wildman–Crippen MR) is 101 cm³/mol. The van der Waals surface area contributed by atoms with Crippen molar-refractivity contribution in [3.8, 4) is 5.75 Å². The quantitative estimate of drug-likeness (QED) is 0.592. The van der Waals surface area contributed by atoms with Crippen LogP contribution in [0.25, 0.3) is 0 Å². The van der Waals surface area contributed by atoms with Gasteiger partial charge in [0.1, 0.15) is 17.7 Å². The zero-order chi connectivity index (χ0) is 19.8. The lowest BCUT2D eigenvalue weighted by Gasteiger charge is -2.22. The monoisotopic (exact) mass is 379 g/mol. The lowest BCUT2D eigenvalue weighted by Crippen LogP contribution is -2.39. The topological polar surface area (TPSA) is 88.5 Å². The van der Waals surface area contributed by atoms with Gasteiger partial charge in [-0.1, -0.05) is 30.3 Å². The molecule has 1 fully saturated rings. The van der Waals surface area contributed by atoms with E-state index < -0.39 is 29.7 Å². The zero-order valence-electron chi connectivity index (χ0n) is 15.2. The summed E-state index contributed by atoms with van der Waals surface area (Å²) in [6, 6.07) is 14.7. The molecule has 2 heterocycles. The number of esters is 1. The third-order valence-corrected chi connectivity index (χ3v) is 4.79. The molecule has 2 aromatic rings. The fourth-order valence-electron chi connectivity index (χ4n) is 3.53. The van der Waals surface area contributed by atoms with Gasteiger partial charge in [-0.25, -0.2) is 9.69 Å². The van der Waals surface area contributed by atoms with Crippen molar-refractivity contribution in [2.24, 2.45) is 11.0 Å². The smallest absolute Gasteiger partial charge is 0.355 e. The number of ether oxygens (including phenoxy) is 2. The number of nitrogens with zero attached hydrogens (tertiary/aromatic N) is 3. The summed E-state index contributed by atoms with van der Waals surface area (Å²) in [6.07, 6.45) is 0. The lowest BCUT2D eigenvalue weighted by molar-refractivity contribution is -0.133. The van der Waals surface area contributed by atoms with E-state index in [1.54, 1.807) is 48.5 Å². The van der Waals surface area contributed by atoms with E-state index in [0.717, 1.165) is 4.90 Å². The van der Waals surface area contributed by atoms with Gasteiger partial charge in [-0.2, -0.15) is 5.10 Å². The molecule has 0 N–H and O–H groups in total. The third kappa shape index (κ3) is 2.53. The zero-order valence-corrected chi connectivity index (χ0v) is 15.2. The number of hydrazone groups is 1. The van der Waals surface area contributed by atoms with Crippen molar-refractivity contribution in [3.63, 3.8) is 0 Å². The molecule has 0 unspecified atom stereocenters. The van der Waals surface area contributed by atoms with E-state index in [4.69, 9.17) is 9.47 Å². The molecule has 4 rings (SSSR count). The molecule has 8 nitrogen and oxygen atoms in total. The standard InChI is InChI=1S/C20H17N3O5/c1-27-14-11-7-6-10-13(14)22-18(24)15-16(20(26)28-2)21-23(17(15)19(22)25)12-8-4-3-5-9-12/h3-11,15,17H,1-2H3/t15-,17-/m0/s1. The number of imide groups is 1. The molecule has 8 heteroatoms. The molecule has 2 amide bonds. The highest BCUT2D eigenvalue weighted by molar-refractivity contribution is 6.47. The summed E-state index contributed by atoms with van der Waals surface area (Å²) in [4.78, 5) is 39.8. The van der Waals surface area contributed by atoms with Crippen molar-refractivity contribution >= 4 is 34.9 Å². The Kier molecular flexibility index (Phi) is 4.31. The summed E-state index contributed by atoms with van der Waals surface area (Å²) < 4.78 is 10.1. The number of anilines is 2. The van der Waals surface area contributed by atoms with Crippen LogP contribution in [-0.2, 0) is 19.1 Å². The highest BCUT2D eigenvalue weighted by Crippen LogP contribution is 2.40. The number of hydrogen-bond donors (Lipinski definition) is 0. The Bertz CT molecular complexity index is 988. The summed E-state index contributed by atoms with van der Waals surface area (Å²) in [5, 5.41) is 5.67. The summed E-state index contributed by atoms with van der Waals surface area (Å²) in [5.74, 6) is -2.43. The van der Waals surface area contributed by atoms with Gasteiger partial charge in [-0.3, -0.25) is 14.6 Å². The number of amides is 2. The number of methoxy groups -OCH3 is 2. The predicted octanol–water partition coefficient (Wildman–Crippen LogP) is 1.60. The molecule has 142 valence electrons. The van der Waals surface area contributed by atoms with E-state index in [-0.39, 0.29) is 5.71 Å². The van der Waals surface area contributed by atoms with E-state index in [2.05, 4.69) is 5.10 Å². The van der Waals surface area contributed by atoms with Crippen LogP contribution in [0, 0.1) is 5.92 Å². The Hall–Kier alpha value is -3.68. The van der Waals surface area contributed by atoms with Crippen molar-refractivity contribution in [2.45, 2.75) is 6.04 Å². The van der Waals surface area contributed by atoms with Gasteiger partial charge in [-0.15, -0.1) is 0 Å². The summed E-state index contributed by atoms with van der Waals surface area (Å²) in [6.45, 7) is 0. The third-order valence-electron chi connectivity index (χ3n) is 4.79. The van der Waals surface area contributed by atoms with Crippen LogP contribution in [0.15, 0.2) is 59.7 Å². The summed E-state index contributed by atoms with van der Waals surface area (Å²) in [7, 11) is 2.67. The first-order valence-electron chi connectivity index (χ1n) is 8.60. The molecule has 2 aliphatic heterocycles. The first-order valence-corrected chi connectivity index (χ1v) is 8.60. The molecule has 0 aromatic heterocycles. The minimum Gasteiger partial charge on any atom is -0.495 e. The average molecular weight is 379 g/mol. The molecule has 0 saturated carbocycles. The molecule has 2 aliphatic rings. The number of carbonyl (C=O) groups is 3. The van der Waals surface area contributed by atoms with E-state index >= 15 is 0 Å². The molecule has 0 aliphatic carbocycles. The number of carbonyl (C=O) groups excluding carboxylic acids is 3. The Balaban J connectivity index is 1.82. The number of benzene rings is 2. The largest absolute Gasteiger partial charge is 0.495 e. The number of para-hydroxylation sites is 3. The van der Waals surface area contributed by atoms with Gasteiger partial charge in [0, 0.05) is 0 Å². The van der Waals surface area contributed by atoms with E-state index in [1.807, 2.05) is 6.07 Å². The van der Waals surface area contributed by atoms with Gasteiger partial charge in [0.05, 0.1) is 25.6 Å². The van der Waals surface area contributed by atoms with E-state index in [0.29, 0.717) is 17.1 Å². The van der Waals surface area contributed by atoms with Gasteiger partial charge in [-0.05, 0) is 24.3 Å². The molecular formula is C20H17N3O5. The van der Waals surface area contributed by atoms with Crippen LogP contribution >= 0.6 is 0 Å². The highest BCUT2D eigenvalue weighted by atomic mass is 16.5. The SMILES string of the molecule is COC(=O)C1=NN(c2ccccc2)[C@@H]2C(=O)N(c3ccccc3OC)C(=O)[C@@H]12. The maximum absolute atomic E-state index is 13.3. The fraction of sp³-hybridized carbons (Fsp3) is 0.200. The van der Waals surface area contributed by atoms with E-state index in [1.165, 1.54) is 19.2 Å². The molecule has 0 spiro atoms. The van der Waals surface area contributed by atoms with Gasteiger partial charge in [0.25, 0.3) is 5.91 Å². The van der Waals surface area contributed by atoms with Crippen LogP contribution in [0.3, 0.4) is 0 Å². The highest BCUT2D eigenvalue weighted by Gasteiger charge is 2.59. The second kappa shape index (κ2) is 6.80. The maximum atomic E-state index is 13.3. The van der Waals surface area contributed by atoms with Crippen molar-refractivity contribution in [1.82, 2.24) is 0 Å². The molecular weight excluding hydrogens is 362 g/mol. The van der Waals surface area contributed by atoms with Gasteiger partial charge in [0.2, 0.25) is 5.91 Å². The summed E-state index contributed by atoms with van der Waals surface area (Å²) in [5.41, 5.74) is 0.832. The van der Waals surface area contributed by atoms with Crippen LogP contribution in [0.4, 0.5) is 11.4 Å². The van der Waals surface area contributed by atoms with Crippen LogP contribution in [-0.4, -0.2) is 43.8 Å². The first-order chi connectivity index (χ1) is 13.6. The molecule has 0 radical (unpaired) electrons. The number of rotatable bonds is 4. The minimum absolute atomic E-state index is 0.0906. The molecule has 2 atom stereocenters. The molecule has 1 saturated heterocycles. The number of hydrogen-bond acceptors (Lipinski definition) is 7. The second-order valence-electron chi connectivity index (χ2n) is 6.26. The van der Waals surface area contributed by atoms with Gasteiger partial charge in [0.15, 0.2) is 5.71 Å². The molecule has 2 aromatic carbocycles. The maximum Gasteiger partial charge on any atom is 0.355 e. The van der Waals surface area contributed by atoms with Gasteiger partial charge < -0.3 is 9.47 Å². The van der Waals surface area contributed by atoms with E-state index in [9.17, 15) is 14.4 Å². The van der Waals surface area contributed by atoms with Crippen LogP contribution < -0.4 is 14.6 Å². The second-order valence-corrected chi connectivity index (χ2v) is 6.26. The average Bonchev–Trinajstić information content (AvgIpc) is 3.25.